The van der Waals surface area contributed by atoms with Gasteiger partial charge in [-0.1, -0.05) is 29.3 Å². The zero-order valence-corrected chi connectivity index (χ0v) is 15.6. The summed E-state index contributed by atoms with van der Waals surface area (Å²) in [6.07, 6.45) is 4.96. The summed E-state index contributed by atoms with van der Waals surface area (Å²) < 4.78 is 3.83. The van der Waals surface area contributed by atoms with Crippen LogP contribution >= 0.6 is 39.1 Å². The van der Waals surface area contributed by atoms with E-state index in [2.05, 4.69) is 31.4 Å². The Labute approximate surface area is 156 Å². The number of halogens is 3. The lowest BCUT2D eigenvalue weighted by atomic mass is 10.2. The molecule has 3 aromatic rings. The number of anilines is 1. The third-order valence-electron chi connectivity index (χ3n) is 3.27. The van der Waals surface area contributed by atoms with Crippen molar-refractivity contribution in [1.82, 2.24) is 19.6 Å². The summed E-state index contributed by atoms with van der Waals surface area (Å²) >= 11 is 15.6. The standard InChI is InChI=1S/C15H12BrCl2N5O/c1-22-8-11(16)14(21-22)15(24)20-9-5-19-23(6-9)7-10-12(17)3-2-4-13(10)18/h2-6,8H,7H2,1H3,(H,20,24). The predicted molar refractivity (Wildman–Crippen MR) is 96.7 cm³/mol. The number of hydrogen-bond donors (Lipinski definition) is 1. The van der Waals surface area contributed by atoms with Crippen molar-refractivity contribution in [2.24, 2.45) is 7.05 Å². The molecule has 0 aliphatic rings. The van der Waals surface area contributed by atoms with E-state index in [-0.39, 0.29) is 5.91 Å². The second kappa shape index (κ2) is 6.96. The van der Waals surface area contributed by atoms with E-state index in [0.717, 1.165) is 5.56 Å². The molecule has 24 heavy (non-hydrogen) atoms. The second-order valence-corrected chi connectivity index (χ2v) is 6.75. The number of carbonyl (C=O) groups is 1. The fourth-order valence-electron chi connectivity index (χ4n) is 2.16. The zero-order chi connectivity index (χ0) is 17.3. The van der Waals surface area contributed by atoms with Crippen LogP contribution in [0.4, 0.5) is 5.69 Å². The van der Waals surface area contributed by atoms with Gasteiger partial charge in [-0.05, 0) is 28.1 Å². The number of carbonyl (C=O) groups excluding carboxylic acids is 1. The number of hydrogen-bond acceptors (Lipinski definition) is 3. The summed E-state index contributed by atoms with van der Waals surface area (Å²) in [5.41, 5.74) is 1.63. The third kappa shape index (κ3) is 3.63. The Hall–Kier alpha value is -1.83. The Morgan fingerprint density at radius 3 is 2.62 bits per heavy atom. The molecule has 124 valence electrons. The van der Waals surface area contributed by atoms with Crippen molar-refractivity contribution in [1.29, 1.82) is 0 Å². The van der Waals surface area contributed by atoms with Crippen LogP contribution in [0.2, 0.25) is 10.0 Å². The summed E-state index contributed by atoms with van der Waals surface area (Å²) in [6, 6.07) is 5.33. The minimum atomic E-state index is -0.321. The van der Waals surface area contributed by atoms with E-state index < -0.39 is 0 Å². The third-order valence-corrected chi connectivity index (χ3v) is 4.56. The van der Waals surface area contributed by atoms with Crippen LogP contribution in [0.5, 0.6) is 0 Å². The Morgan fingerprint density at radius 2 is 2.00 bits per heavy atom. The van der Waals surface area contributed by atoms with Gasteiger partial charge < -0.3 is 5.32 Å². The molecular weight excluding hydrogens is 417 g/mol. The molecule has 3 rings (SSSR count). The first-order valence-electron chi connectivity index (χ1n) is 6.90. The van der Waals surface area contributed by atoms with E-state index in [1.54, 1.807) is 53.2 Å². The molecule has 0 fully saturated rings. The Bertz CT molecular complexity index is 885. The van der Waals surface area contributed by atoms with Gasteiger partial charge in [0, 0.05) is 35.1 Å². The van der Waals surface area contributed by atoms with Crippen molar-refractivity contribution in [3.05, 3.63) is 62.6 Å². The molecule has 0 unspecified atom stereocenters. The van der Waals surface area contributed by atoms with Crippen molar-refractivity contribution in [2.45, 2.75) is 6.54 Å². The molecule has 6 nitrogen and oxygen atoms in total. The maximum absolute atomic E-state index is 12.2. The molecule has 0 saturated carbocycles. The van der Waals surface area contributed by atoms with E-state index in [4.69, 9.17) is 23.2 Å². The average molecular weight is 429 g/mol. The van der Waals surface area contributed by atoms with Gasteiger partial charge >= 0.3 is 0 Å². The molecule has 1 N–H and O–H groups in total. The lowest BCUT2D eigenvalue weighted by Gasteiger charge is -2.06. The van der Waals surface area contributed by atoms with Crippen molar-refractivity contribution in [3.8, 4) is 0 Å². The first-order valence-corrected chi connectivity index (χ1v) is 8.45. The summed E-state index contributed by atoms with van der Waals surface area (Å²) in [4.78, 5) is 12.2. The number of amides is 1. The maximum atomic E-state index is 12.2. The molecular formula is C15H12BrCl2N5O. The van der Waals surface area contributed by atoms with E-state index in [0.29, 0.717) is 32.4 Å². The summed E-state index contributed by atoms with van der Waals surface area (Å²) in [5.74, 6) is -0.321. The highest BCUT2D eigenvalue weighted by atomic mass is 79.9. The van der Waals surface area contributed by atoms with Gasteiger partial charge in [-0.25, -0.2) is 0 Å². The highest BCUT2D eigenvalue weighted by Crippen LogP contribution is 2.25. The normalized spacial score (nSPS) is 10.8. The van der Waals surface area contributed by atoms with Crippen LogP contribution in [0.15, 0.2) is 41.3 Å². The van der Waals surface area contributed by atoms with E-state index >= 15 is 0 Å². The first kappa shape index (κ1) is 17.0. The van der Waals surface area contributed by atoms with Crippen LogP contribution in [0.25, 0.3) is 0 Å². The van der Waals surface area contributed by atoms with E-state index in [1.807, 2.05) is 0 Å². The van der Waals surface area contributed by atoms with Crippen molar-refractivity contribution in [3.63, 3.8) is 0 Å². The van der Waals surface area contributed by atoms with Gasteiger partial charge in [-0.15, -0.1) is 0 Å². The van der Waals surface area contributed by atoms with E-state index in [9.17, 15) is 4.79 Å². The number of rotatable bonds is 4. The minimum Gasteiger partial charge on any atom is -0.318 e. The topological polar surface area (TPSA) is 64.7 Å². The smallest absolute Gasteiger partial charge is 0.277 e. The minimum absolute atomic E-state index is 0.305. The molecule has 1 aromatic carbocycles. The van der Waals surface area contributed by atoms with Gasteiger partial charge in [-0.2, -0.15) is 10.2 Å². The van der Waals surface area contributed by atoms with Gasteiger partial charge in [-0.3, -0.25) is 14.2 Å². The fraction of sp³-hybridized carbons (Fsp3) is 0.133. The van der Waals surface area contributed by atoms with E-state index in [1.165, 1.54) is 0 Å². The van der Waals surface area contributed by atoms with Gasteiger partial charge in [0.25, 0.3) is 5.91 Å². The average Bonchev–Trinajstić information content (AvgIpc) is 3.09. The molecule has 0 saturated heterocycles. The van der Waals surface area contributed by atoms with Crippen LogP contribution in [0.3, 0.4) is 0 Å². The zero-order valence-electron chi connectivity index (χ0n) is 12.5. The molecule has 0 bridgehead atoms. The molecule has 1 amide bonds. The van der Waals surface area contributed by atoms with Gasteiger partial charge in [0.1, 0.15) is 0 Å². The predicted octanol–water partition coefficient (Wildman–Crippen LogP) is 3.99. The Balaban J connectivity index is 1.74. The SMILES string of the molecule is Cn1cc(Br)c(C(=O)Nc2cnn(Cc3c(Cl)cccc3Cl)c2)n1. The van der Waals surface area contributed by atoms with Crippen molar-refractivity contribution in [2.75, 3.05) is 5.32 Å². The molecule has 0 atom stereocenters. The summed E-state index contributed by atoms with van der Waals surface area (Å²) in [6.45, 7) is 0.404. The summed E-state index contributed by atoms with van der Waals surface area (Å²) in [5, 5.41) is 12.2. The number of nitrogens with one attached hydrogen (secondary N) is 1. The number of nitrogens with zero attached hydrogens (tertiary/aromatic N) is 4. The quantitative estimate of drug-likeness (QED) is 0.683. The highest BCUT2D eigenvalue weighted by Gasteiger charge is 2.15. The van der Waals surface area contributed by atoms with Crippen LogP contribution in [0.1, 0.15) is 16.1 Å². The number of benzene rings is 1. The molecule has 0 aliphatic heterocycles. The monoisotopic (exact) mass is 427 g/mol. The molecule has 0 aliphatic carbocycles. The number of aryl methyl sites for hydroxylation is 1. The lowest BCUT2D eigenvalue weighted by molar-refractivity contribution is 0.102. The maximum Gasteiger partial charge on any atom is 0.277 e. The molecule has 0 radical (unpaired) electrons. The largest absolute Gasteiger partial charge is 0.318 e. The fourth-order valence-corrected chi connectivity index (χ4v) is 3.24. The van der Waals surface area contributed by atoms with Gasteiger partial charge in [0.05, 0.1) is 22.9 Å². The lowest BCUT2D eigenvalue weighted by Crippen LogP contribution is -2.13. The van der Waals surface area contributed by atoms with Crippen LogP contribution in [-0.2, 0) is 13.6 Å². The Kier molecular flexibility index (Phi) is 4.93. The molecule has 2 heterocycles. The van der Waals surface area contributed by atoms with Crippen molar-refractivity contribution < 1.29 is 4.79 Å². The summed E-state index contributed by atoms with van der Waals surface area (Å²) in [7, 11) is 1.74. The van der Waals surface area contributed by atoms with Gasteiger partial charge in [0.2, 0.25) is 0 Å². The highest BCUT2D eigenvalue weighted by molar-refractivity contribution is 9.10. The van der Waals surface area contributed by atoms with Crippen LogP contribution in [-0.4, -0.2) is 25.5 Å². The van der Waals surface area contributed by atoms with Gasteiger partial charge in [0.15, 0.2) is 5.69 Å². The van der Waals surface area contributed by atoms with Crippen LogP contribution < -0.4 is 5.32 Å². The Morgan fingerprint density at radius 1 is 1.29 bits per heavy atom. The second-order valence-electron chi connectivity index (χ2n) is 5.08. The van der Waals surface area contributed by atoms with Crippen molar-refractivity contribution >= 4 is 50.7 Å². The molecule has 9 heteroatoms. The first-order chi connectivity index (χ1) is 11.4. The molecule has 2 aromatic heterocycles. The number of aromatic nitrogens is 4. The van der Waals surface area contributed by atoms with Crippen LogP contribution in [0, 0.1) is 0 Å². The molecule has 0 spiro atoms.